The number of nitrogens with one attached hydrogen (secondary N) is 2. The molecule has 0 aliphatic rings. The number of sulfonamides is 1. The van der Waals surface area contributed by atoms with Gasteiger partial charge in [-0.2, -0.15) is 0 Å². The number of hydrogen-bond acceptors (Lipinski definition) is 3. The van der Waals surface area contributed by atoms with Gasteiger partial charge in [0, 0.05) is 28.0 Å². The molecule has 0 saturated carbocycles. The Bertz CT molecular complexity index is 891. The lowest BCUT2D eigenvalue weighted by Gasteiger charge is -2.05. The maximum absolute atomic E-state index is 12.3. The Morgan fingerprint density at radius 3 is 2.62 bits per heavy atom. The minimum Gasteiger partial charge on any atom is -0.358 e. The van der Waals surface area contributed by atoms with Crippen molar-refractivity contribution in [3.63, 3.8) is 0 Å². The van der Waals surface area contributed by atoms with Crippen LogP contribution >= 0.6 is 11.3 Å². The van der Waals surface area contributed by atoms with E-state index in [0.717, 1.165) is 27.0 Å². The highest BCUT2D eigenvalue weighted by atomic mass is 32.2. The molecule has 3 aromatic rings. The number of thiophene rings is 1. The molecule has 21 heavy (non-hydrogen) atoms. The molecule has 0 radical (unpaired) electrons. The van der Waals surface area contributed by atoms with E-state index in [2.05, 4.69) is 9.71 Å². The molecule has 0 atom stereocenters. The number of para-hydroxylation sites is 1. The van der Waals surface area contributed by atoms with Crippen molar-refractivity contribution >= 4 is 32.3 Å². The van der Waals surface area contributed by atoms with E-state index in [1.165, 1.54) is 11.3 Å². The highest BCUT2D eigenvalue weighted by Crippen LogP contribution is 2.24. The van der Waals surface area contributed by atoms with E-state index in [1.54, 1.807) is 6.07 Å². The molecule has 0 aliphatic carbocycles. The van der Waals surface area contributed by atoms with Crippen molar-refractivity contribution < 1.29 is 8.42 Å². The summed E-state index contributed by atoms with van der Waals surface area (Å²) in [6.07, 6.45) is 0. The number of hydrogen-bond donors (Lipinski definition) is 2. The number of H-pyrrole nitrogens is 1. The summed E-state index contributed by atoms with van der Waals surface area (Å²) in [5.41, 5.74) is 3.00. The Morgan fingerprint density at radius 1 is 1.14 bits per heavy atom. The van der Waals surface area contributed by atoms with Crippen LogP contribution < -0.4 is 4.72 Å². The molecule has 0 amide bonds. The molecule has 0 saturated heterocycles. The van der Waals surface area contributed by atoms with E-state index < -0.39 is 10.0 Å². The molecule has 1 aromatic carbocycles. The minimum absolute atomic E-state index is 0.287. The first-order chi connectivity index (χ1) is 9.97. The Hall–Kier alpha value is -1.63. The van der Waals surface area contributed by atoms with Gasteiger partial charge in [0.05, 0.1) is 0 Å². The van der Waals surface area contributed by atoms with Crippen molar-refractivity contribution in [1.82, 2.24) is 9.71 Å². The molecule has 0 aliphatic heterocycles. The van der Waals surface area contributed by atoms with E-state index in [4.69, 9.17) is 0 Å². The highest BCUT2D eigenvalue weighted by Gasteiger charge is 2.17. The predicted octanol–water partition coefficient (Wildman–Crippen LogP) is 3.32. The molecule has 4 nitrogen and oxygen atoms in total. The SMILES string of the molecule is Cc1ccc(S(=O)(=O)NCc2c(C)[nH]c3ccccc23)s1. The van der Waals surface area contributed by atoms with E-state index in [-0.39, 0.29) is 6.54 Å². The maximum Gasteiger partial charge on any atom is 0.250 e. The summed E-state index contributed by atoms with van der Waals surface area (Å²) in [6, 6.07) is 11.4. The van der Waals surface area contributed by atoms with Crippen molar-refractivity contribution in [2.24, 2.45) is 0 Å². The van der Waals surface area contributed by atoms with Crippen molar-refractivity contribution in [3.05, 3.63) is 52.5 Å². The fourth-order valence-electron chi connectivity index (χ4n) is 2.36. The lowest BCUT2D eigenvalue weighted by Crippen LogP contribution is -2.22. The topological polar surface area (TPSA) is 62.0 Å². The van der Waals surface area contributed by atoms with E-state index in [0.29, 0.717) is 4.21 Å². The zero-order valence-corrected chi connectivity index (χ0v) is 13.4. The van der Waals surface area contributed by atoms with Gasteiger partial charge in [-0.05, 0) is 37.6 Å². The summed E-state index contributed by atoms with van der Waals surface area (Å²) in [6.45, 7) is 4.14. The summed E-state index contributed by atoms with van der Waals surface area (Å²) >= 11 is 1.28. The van der Waals surface area contributed by atoms with Crippen molar-refractivity contribution in [3.8, 4) is 0 Å². The lowest BCUT2D eigenvalue weighted by molar-refractivity contribution is 0.583. The van der Waals surface area contributed by atoms with Gasteiger partial charge in [-0.15, -0.1) is 11.3 Å². The van der Waals surface area contributed by atoms with Gasteiger partial charge < -0.3 is 4.98 Å². The second kappa shape index (κ2) is 5.29. The number of benzene rings is 1. The van der Waals surface area contributed by atoms with Gasteiger partial charge in [0.1, 0.15) is 4.21 Å². The molecule has 3 rings (SSSR count). The Morgan fingerprint density at radius 2 is 1.90 bits per heavy atom. The van der Waals surface area contributed by atoms with Gasteiger partial charge in [0.15, 0.2) is 0 Å². The van der Waals surface area contributed by atoms with E-state index in [1.807, 2.05) is 44.2 Å². The molecular formula is C15H16N2O2S2. The first-order valence-corrected chi connectivity index (χ1v) is 8.89. The third-order valence-electron chi connectivity index (χ3n) is 3.45. The fourth-order valence-corrected chi connectivity index (χ4v) is 4.68. The van der Waals surface area contributed by atoms with E-state index in [9.17, 15) is 8.42 Å². The van der Waals surface area contributed by atoms with Gasteiger partial charge in [-0.1, -0.05) is 18.2 Å². The van der Waals surface area contributed by atoms with Crippen LogP contribution in [0.2, 0.25) is 0 Å². The monoisotopic (exact) mass is 320 g/mol. The van der Waals surface area contributed by atoms with E-state index >= 15 is 0 Å². The van der Waals surface area contributed by atoms with Gasteiger partial charge in [0.2, 0.25) is 10.0 Å². The number of aromatic nitrogens is 1. The Kier molecular flexibility index (Phi) is 3.61. The zero-order chi connectivity index (χ0) is 15.0. The number of aromatic amines is 1. The average molecular weight is 320 g/mol. The molecule has 0 unspecified atom stereocenters. The van der Waals surface area contributed by atoms with Crippen LogP contribution in [0, 0.1) is 13.8 Å². The summed E-state index contributed by atoms with van der Waals surface area (Å²) in [4.78, 5) is 4.26. The standard InChI is InChI=1S/C15H16N2O2S2/c1-10-7-8-15(20-10)21(18,19)16-9-13-11(2)17-14-6-4-3-5-12(13)14/h3-8,16-17H,9H2,1-2H3. The Balaban J connectivity index is 1.88. The van der Waals surface area contributed by atoms with Crippen molar-refractivity contribution in [1.29, 1.82) is 0 Å². The molecule has 2 N–H and O–H groups in total. The first kappa shape index (κ1) is 14.3. The molecular weight excluding hydrogens is 304 g/mol. The van der Waals surface area contributed by atoms with Crippen LogP contribution in [0.1, 0.15) is 16.1 Å². The lowest BCUT2D eigenvalue weighted by atomic mass is 10.1. The summed E-state index contributed by atoms with van der Waals surface area (Å²) in [7, 11) is -3.45. The van der Waals surface area contributed by atoms with Crippen LogP contribution in [0.25, 0.3) is 10.9 Å². The number of rotatable bonds is 4. The average Bonchev–Trinajstić information content (AvgIpc) is 3.00. The molecule has 0 bridgehead atoms. The smallest absolute Gasteiger partial charge is 0.250 e. The maximum atomic E-state index is 12.3. The fraction of sp³-hybridized carbons (Fsp3) is 0.200. The summed E-state index contributed by atoms with van der Waals surface area (Å²) in [5, 5.41) is 1.06. The zero-order valence-electron chi connectivity index (χ0n) is 11.8. The first-order valence-electron chi connectivity index (χ1n) is 6.59. The highest BCUT2D eigenvalue weighted by molar-refractivity contribution is 7.91. The predicted molar refractivity (Wildman–Crippen MR) is 86.1 cm³/mol. The van der Waals surface area contributed by atoms with Crippen LogP contribution in [0.15, 0.2) is 40.6 Å². The van der Waals surface area contributed by atoms with Crippen LogP contribution in [0.5, 0.6) is 0 Å². The second-order valence-corrected chi connectivity index (χ2v) is 8.25. The number of fused-ring (bicyclic) bond motifs is 1. The third kappa shape index (κ3) is 2.74. The number of aryl methyl sites for hydroxylation is 2. The normalized spacial score (nSPS) is 12.1. The van der Waals surface area contributed by atoms with Crippen LogP contribution in [0.4, 0.5) is 0 Å². The molecule has 2 heterocycles. The van der Waals surface area contributed by atoms with Crippen molar-refractivity contribution in [2.45, 2.75) is 24.6 Å². The summed E-state index contributed by atoms with van der Waals surface area (Å²) < 4.78 is 27.6. The van der Waals surface area contributed by atoms with Crippen LogP contribution in [-0.2, 0) is 16.6 Å². The Labute approximate surface area is 127 Å². The van der Waals surface area contributed by atoms with Crippen molar-refractivity contribution in [2.75, 3.05) is 0 Å². The minimum atomic E-state index is -3.45. The molecule has 0 fully saturated rings. The second-order valence-electron chi connectivity index (χ2n) is 4.96. The molecule has 6 heteroatoms. The summed E-state index contributed by atoms with van der Waals surface area (Å²) in [5.74, 6) is 0. The largest absolute Gasteiger partial charge is 0.358 e. The molecule has 110 valence electrons. The van der Waals surface area contributed by atoms with Gasteiger partial charge in [0.25, 0.3) is 0 Å². The molecule has 2 aromatic heterocycles. The van der Waals surface area contributed by atoms with Crippen LogP contribution in [0.3, 0.4) is 0 Å². The van der Waals surface area contributed by atoms with Gasteiger partial charge >= 0.3 is 0 Å². The van der Waals surface area contributed by atoms with Crippen LogP contribution in [-0.4, -0.2) is 13.4 Å². The third-order valence-corrected chi connectivity index (χ3v) is 6.34. The van der Waals surface area contributed by atoms with Gasteiger partial charge in [-0.3, -0.25) is 0 Å². The quantitative estimate of drug-likeness (QED) is 0.774. The van der Waals surface area contributed by atoms with Gasteiger partial charge in [-0.25, -0.2) is 13.1 Å². The molecule has 0 spiro atoms.